The average molecular weight is 217 g/mol. The number of halogens is 2. The second-order valence-electron chi connectivity index (χ2n) is 5.25. The van der Waals surface area contributed by atoms with E-state index in [2.05, 4.69) is 5.32 Å². The van der Waals surface area contributed by atoms with Gasteiger partial charge in [0.1, 0.15) is 0 Å². The van der Waals surface area contributed by atoms with Crippen LogP contribution in [0.4, 0.5) is 8.78 Å². The summed E-state index contributed by atoms with van der Waals surface area (Å²) in [7, 11) is 0. The van der Waals surface area contributed by atoms with Gasteiger partial charge in [-0.25, -0.2) is 8.78 Å². The molecule has 0 radical (unpaired) electrons. The molecule has 0 aromatic heterocycles. The van der Waals surface area contributed by atoms with Crippen LogP contribution in [0.15, 0.2) is 0 Å². The van der Waals surface area contributed by atoms with Gasteiger partial charge in [0.05, 0.1) is 0 Å². The van der Waals surface area contributed by atoms with Gasteiger partial charge in [0.15, 0.2) is 0 Å². The van der Waals surface area contributed by atoms with Crippen molar-refractivity contribution in [2.75, 3.05) is 13.1 Å². The van der Waals surface area contributed by atoms with Gasteiger partial charge in [0.25, 0.3) is 0 Å². The summed E-state index contributed by atoms with van der Waals surface area (Å²) in [6.07, 6.45) is 5.44. The molecular formula is C12H21F2N. The molecule has 0 aromatic carbocycles. The zero-order valence-electron chi connectivity index (χ0n) is 9.27. The third-order valence-corrected chi connectivity index (χ3v) is 3.90. The molecule has 1 aliphatic carbocycles. The van der Waals surface area contributed by atoms with E-state index >= 15 is 0 Å². The van der Waals surface area contributed by atoms with Crippen molar-refractivity contribution in [1.82, 2.24) is 5.32 Å². The molecule has 2 fully saturated rings. The highest BCUT2D eigenvalue weighted by molar-refractivity contribution is 4.80. The quantitative estimate of drug-likeness (QED) is 0.749. The summed E-state index contributed by atoms with van der Waals surface area (Å²) < 4.78 is 25.9. The lowest BCUT2D eigenvalue weighted by molar-refractivity contribution is -0.0482. The van der Waals surface area contributed by atoms with Gasteiger partial charge in [-0.2, -0.15) is 0 Å². The van der Waals surface area contributed by atoms with Gasteiger partial charge in [0, 0.05) is 12.8 Å². The highest BCUT2D eigenvalue weighted by atomic mass is 19.3. The van der Waals surface area contributed by atoms with Crippen molar-refractivity contribution in [2.45, 2.75) is 50.9 Å². The molecule has 1 aliphatic heterocycles. The van der Waals surface area contributed by atoms with E-state index in [0.717, 1.165) is 31.8 Å². The molecule has 0 aromatic rings. The smallest absolute Gasteiger partial charge is 0.248 e. The van der Waals surface area contributed by atoms with Crippen LogP contribution in [0.2, 0.25) is 0 Å². The van der Waals surface area contributed by atoms with Crippen LogP contribution < -0.4 is 5.32 Å². The monoisotopic (exact) mass is 217 g/mol. The summed E-state index contributed by atoms with van der Waals surface area (Å²) >= 11 is 0. The second-order valence-corrected chi connectivity index (χ2v) is 5.25. The number of hydrogen-bond acceptors (Lipinski definition) is 1. The number of alkyl halides is 2. The standard InChI is InChI=1S/C12H21F2N/c13-12(14)5-3-10(4-6-12)8-11-2-1-7-15-9-11/h10-11,15H,1-9H2. The van der Waals surface area contributed by atoms with Gasteiger partial charge in [-0.15, -0.1) is 0 Å². The van der Waals surface area contributed by atoms with Crippen LogP contribution in [0.25, 0.3) is 0 Å². The predicted molar refractivity (Wildman–Crippen MR) is 57.1 cm³/mol. The summed E-state index contributed by atoms with van der Waals surface area (Å²) in [6, 6.07) is 0. The van der Waals surface area contributed by atoms with E-state index in [4.69, 9.17) is 0 Å². The Kier molecular flexibility index (Phi) is 3.60. The SMILES string of the molecule is FC1(F)CCC(CC2CCCNC2)CC1. The van der Waals surface area contributed by atoms with Gasteiger partial charge in [0.2, 0.25) is 5.92 Å². The minimum absolute atomic E-state index is 0.123. The topological polar surface area (TPSA) is 12.0 Å². The first-order valence-corrected chi connectivity index (χ1v) is 6.24. The second kappa shape index (κ2) is 4.77. The van der Waals surface area contributed by atoms with E-state index in [1.807, 2.05) is 0 Å². The number of piperidine rings is 1. The lowest BCUT2D eigenvalue weighted by atomic mass is 9.79. The Morgan fingerprint density at radius 2 is 1.80 bits per heavy atom. The molecule has 1 heterocycles. The molecule has 1 nitrogen and oxygen atoms in total. The van der Waals surface area contributed by atoms with E-state index in [1.54, 1.807) is 0 Å². The van der Waals surface area contributed by atoms with Crippen LogP contribution in [0, 0.1) is 11.8 Å². The molecule has 1 saturated heterocycles. The summed E-state index contributed by atoms with van der Waals surface area (Å²) in [4.78, 5) is 0. The van der Waals surface area contributed by atoms with E-state index in [9.17, 15) is 8.78 Å². The Balaban J connectivity index is 1.71. The van der Waals surface area contributed by atoms with Crippen molar-refractivity contribution in [3.8, 4) is 0 Å². The molecule has 1 atom stereocenters. The first-order valence-electron chi connectivity index (χ1n) is 6.24. The van der Waals surface area contributed by atoms with Crippen molar-refractivity contribution in [2.24, 2.45) is 11.8 Å². The van der Waals surface area contributed by atoms with Crippen LogP contribution in [0.5, 0.6) is 0 Å². The van der Waals surface area contributed by atoms with Crippen molar-refractivity contribution >= 4 is 0 Å². The number of nitrogens with one attached hydrogen (secondary N) is 1. The molecule has 0 amide bonds. The zero-order chi connectivity index (χ0) is 10.7. The van der Waals surface area contributed by atoms with Crippen LogP contribution in [-0.2, 0) is 0 Å². The highest BCUT2D eigenvalue weighted by Gasteiger charge is 2.35. The third-order valence-electron chi connectivity index (χ3n) is 3.90. The summed E-state index contributed by atoms with van der Waals surface area (Å²) in [5.41, 5.74) is 0. The van der Waals surface area contributed by atoms with Gasteiger partial charge in [-0.3, -0.25) is 0 Å². The molecule has 0 spiro atoms. The Morgan fingerprint density at radius 1 is 1.07 bits per heavy atom. The first kappa shape index (κ1) is 11.3. The van der Waals surface area contributed by atoms with Crippen molar-refractivity contribution in [3.63, 3.8) is 0 Å². The Labute approximate surface area is 90.6 Å². The third kappa shape index (κ3) is 3.40. The minimum atomic E-state index is -2.36. The molecule has 3 heteroatoms. The van der Waals surface area contributed by atoms with Crippen molar-refractivity contribution in [3.05, 3.63) is 0 Å². The first-order chi connectivity index (χ1) is 7.16. The largest absolute Gasteiger partial charge is 0.316 e. The lowest BCUT2D eigenvalue weighted by Crippen LogP contribution is -2.32. The van der Waals surface area contributed by atoms with E-state index in [1.165, 1.54) is 19.3 Å². The normalized spacial score (nSPS) is 32.8. The molecule has 1 unspecified atom stereocenters. The van der Waals surface area contributed by atoms with Crippen molar-refractivity contribution < 1.29 is 8.78 Å². The minimum Gasteiger partial charge on any atom is -0.316 e. The van der Waals surface area contributed by atoms with Crippen molar-refractivity contribution in [1.29, 1.82) is 0 Å². The van der Waals surface area contributed by atoms with Gasteiger partial charge >= 0.3 is 0 Å². The van der Waals surface area contributed by atoms with Crippen LogP contribution in [-0.4, -0.2) is 19.0 Å². The fourth-order valence-corrected chi connectivity index (χ4v) is 2.93. The maximum absolute atomic E-state index is 12.9. The molecule has 1 N–H and O–H groups in total. The van der Waals surface area contributed by atoms with Gasteiger partial charge in [-0.1, -0.05) is 0 Å². The van der Waals surface area contributed by atoms with E-state index in [0.29, 0.717) is 5.92 Å². The predicted octanol–water partition coefficient (Wildman–Crippen LogP) is 3.20. The molecule has 2 aliphatic rings. The Hall–Kier alpha value is -0.180. The number of hydrogen-bond donors (Lipinski definition) is 1. The maximum Gasteiger partial charge on any atom is 0.248 e. The maximum atomic E-state index is 12.9. The fourth-order valence-electron chi connectivity index (χ4n) is 2.93. The molecular weight excluding hydrogens is 196 g/mol. The highest BCUT2D eigenvalue weighted by Crippen LogP contribution is 2.39. The lowest BCUT2D eigenvalue weighted by Gasteiger charge is -2.32. The zero-order valence-corrected chi connectivity index (χ0v) is 9.27. The molecule has 88 valence electrons. The Morgan fingerprint density at radius 3 is 2.40 bits per heavy atom. The van der Waals surface area contributed by atoms with Gasteiger partial charge in [-0.05, 0) is 57.0 Å². The molecule has 0 bridgehead atoms. The van der Waals surface area contributed by atoms with E-state index < -0.39 is 5.92 Å². The molecule has 1 saturated carbocycles. The van der Waals surface area contributed by atoms with Crippen LogP contribution in [0.1, 0.15) is 44.9 Å². The number of rotatable bonds is 2. The summed E-state index contributed by atoms with van der Waals surface area (Å²) in [5.74, 6) is -1.05. The van der Waals surface area contributed by atoms with E-state index in [-0.39, 0.29) is 12.8 Å². The average Bonchev–Trinajstić information content (AvgIpc) is 2.23. The summed E-state index contributed by atoms with van der Waals surface area (Å²) in [6.45, 7) is 2.24. The Bertz CT molecular complexity index is 190. The summed E-state index contributed by atoms with van der Waals surface area (Å²) in [5, 5.41) is 3.39. The van der Waals surface area contributed by atoms with Gasteiger partial charge < -0.3 is 5.32 Å². The molecule has 2 rings (SSSR count). The fraction of sp³-hybridized carbons (Fsp3) is 1.00. The molecule has 15 heavy (non-hydrogen) atoms. The van der Waals surface area contributed by atoms with Crippen LogP contribution >= 0.6 is 0 Å². The van der Waals surface area contributed by atoms with Crippen LogP contribution in [0.3, 0.4) is 0 Å².